The van der Waals surface area contributed by atoms with E-state index in [4.69, 9.17) is 5.10 Å². The molecule has 1 aliphatic heterocycles. The van der Waals surface area contributed by atoms with Crippen molar-refractivity contribution in [1.82, 2.24) is 19.6 Å². The van der Waals surface area contributed by atoms with Crippen molar-refractivity contribution in [2.75, 3.05) is 11.4 Å². The van der Waals surface area contributed by atoms with Crippen LogP contribution < -0.4 is 4.90 Å². The van der Waals surface area contributed by atoms with Gasteiger partial charge in [-0.15, -0.1) is 5.10 Å². The molecule has 3 aromatic rings. The van der Waals surface area contributed by atoms with Gasteiger partial charge in [-0.1, -0.05) is 30.3 Å². The zero-order chi connectivity index (χ0) is 15.8. The summed E-state index contributed by atoms with van der Waals surface area (Å²) in [5, 5.41) is 4.74. The van der Waals surface area contributed by atoms with Crippen LogP contribution in [0.5, 0.6) is 0 Å². The van der Waals surface area contributed by atoms with Gasteiger partial charge in [-0.25, -0.2) is 4.98 Å². The van der Waals surface area contributed by atoms with Crippen LogP contribution in [0.1, 0.15) is 31.9 Å². The molecule has 118 valence electrons. The summed E-state index contributed by atoms with van der Waals surface area (Å²) in [6.45, 7) is 5.38. The molecule has 1 saturated heterocycles. The van der Waals surface area contributed by atoms with Crippen LogP contribution in [0.15, 0.2) is 36.4 Å². The fourth-order valence-electron chi connectivity index (χ4n) is 3.32. The van der Waals surface area contributed by atoms with Crippen molar-refractivity contribution in [2.45, 2.75) is 39.2 Å². The summed E-state index contributed by atoms with van der Waals surface area (Å²) < 4.78 is 1.90. The van der Waals surface area contributed by atoms with Gasteiger partial charge in [0.2, 0.25) is 0 Å². The Morgan fingerprint density at radius 1 is 1.09 bits per heavy atom. The summed E-state index contributed by atoms with van der Waals surface area (Å²) in [6, 6.07) is 12.7. The lowest BCUT2D eigenvalue weighted by molar-refractivity contribution is 0.477. The fourth-order valence-corrected chi connectivity index (χ4v) is 3.32. The molecule has 23 heavy (non-hydrogen) atoms. The van der Waals surface area contributed by atoms with Gasteiger partial charge in [0.05, 0.1) is 0 Å². The highest BCUT2D eigenvalue weighted by molar-refractivity contribution is 5.59. The Kier molecular flexibility index (Phi) is 3.48. The average Bonchev–Trinajstić information content (AvgIpc) is 2.99. The number of rotatable bonds is 2. The Morgan fingerprint density at radius 3 is 2.70 bits per heavy atom. The second-order valence-electron chi connectivity index (χ2n) is 6.31. The second-order valence-corrected chi connectivity index (χ2v) is 6.31. The van der Waals surface area contributed by atoms with Gasteiger partial charge in [0, 0.05) is 29.9 Å². The quantitative estimate of drug-likeness (QED) is 0.727. The number of piperidine rings is 1. The summed E-state index contributed by atoms with van der Waals surface area (Å²) in [5.74, 6) is 2.51. The number of fused-ring (bicyclic) bond motifs is 1. The van der Waals surface area contributed by atoms with Gasteiger partial charge < -0.3 is 4.90 Å². The summed E-state index contributed by atoms with van der Waals surface area (Å²) in [4.78, 5) is 11.6. The molecular weight excluding hydrogens is 286 g/mol. The smallest absolute Gasteiger partial charge is 0.254 e. The van der Waals surface area contributed by atoms with E-state index in [0.717, 1.165) is 29.4 Å². The van der Waals surface area contributed by atoms with Crippen LogP contribution in [-0.2, 0) is 0 Å². The summed E-state index contributed by atoms with van der Waals surface area (Å²) >= 11 is 0. The monoisotopic (exact) mass is 307 g/mol. The van der Waals surface area contributed by atoms with Crippen LogP contribution in [0.3, 0.4) is 0 Å². The molecule has 0 saturated carbocycles. The van der Waals surface area contributed by atoms with Gasteiger partial charge in [0.15, 0.2) is 5.82 Å². The van der Waals surface area contributed by atoms with Crippen molar-refractivity contribution in [3.05, 3.63) is 42.1 Å². The number of anilines is 1. The molecule has 1 fully saturated rings. The Bertz CT molecular complexity index is 824. The van der Waals surface area contributed by atoms with E-state index in [2.05, 4.69) is 27.9 Å². The topological polar surface area (TPSA) is 46.3 Å². The average molecular weight is 307 g/mol. The van der Waals surface area contributed by atoms with E-state index in [-0.39, 0.29) is 0 Å². The minimum Gasteiger partial charge on any atom is -0.354 e. The van der Waals surface area contributed by atoms with Crippen molar-refractivity contribution in [3.8, 4) is 11.4 Å². The van der Waals surface area contributed by atoms with E-state index in [0.29, 0.717) is 11.8 Å². The maximum Gasteiger partial charge on any atom is 0.254 e. The van der Waals surface area contributed by atoms with E-state index in [1.54, 1.807) is 0 Å². The molecule has 1 aromatic carbocycles. The predicted octanol–water partition coefficient (Wildman–Crippen LogP) is 3.48. The van der Waals surface area contributed by atoms with Crippen LogP contribution in [0.25, 0.3) is 17.2 Å². The first-order chi connectivity index (χ1) is 11.2. The van der Waals surface area contributed by atoms with Gasteiger partial charge in [-0.2, -0.15) is 9.50 Å². The second kappa shape index (κ2) is 5.65. The van der Waals surface area contributed by atoms with Gasteiger partial charge in [0.25, 0.3) is 5.78 Å². The Morgan fingerprint density at radius 2 is 1.91 bits per heavy atom. The third-order valence-corrected chi connectivity index (χ3v) is 4.55. The first kappa shape index (κ1) is 14.2. The van der Waals surface area contributed by atoms with Crippen molar-refractivity contribution in [1.29, 1.82) is 0 Å². The van der Waals surface area contributed by atoms with E-state index in [1.165, 1.54) is 19.3 Å². The Hall–Kier alpha value is -2.43. The molecular formula is C18H21N5. The maximum absolute atomic E-state index is 4.74. The molecule has 0 amide bonds. The number of benzene rings is 1. The molecule has 0 unspecified atom stereocenters. The van der Waals surface area contributed by atoms with Crippen LogP contribution >= 0.6 is 0 Å². The molecule has 0 N–H and O–H groups in total. The van der Waals surface area contributed by atoms with Crippen molar-refractivity contribution in [3.63, 3.8) is 0 Å². The third-order valence-electron chi connectivity index (χ3n) is 4.55. The summed E-state index contributed by atoms with van der Waals surface area (Å²) in [7, 11) is 0. The highest BCUT2D eigenvalue weighted by atomic mass is 15.4. The molecule has 1 aliphatic rings. The molecule has 0 spiro atoms. The zero-order valence-electron chi connectivity index (χ0n) is 13.6. The summed E-state index contributed by atoms with van der Waals surface area (Å²) in [6.07, 6.45) is 3.76. The molecule has 5 nitrogen and oxygen atoms in total. The van der Waals surface area contributed by atoms with E-state index >= 15 is 0 Å². The van der Waals surface area contributed by atoms with Gasteiger partial charge >= 0.3 is 0 Å². The molecule has 0 aliphatic carbocycles. The van der Waals surface area contributed by atoms with Crippen molar-refractivity contribution >= 4 is 11.6 Å². The van der Waals surface area contributed by atoms with Crippen LogP contribution in [0.2, 0.25) is 0 Å². The first-order valence-corrected chi connectivity index (χ1v) is 8.29. The lowest BCUT2D eigenvalue weighted by Gasteiger charge is -2.35. The zero-order valence-corrected chi connectivity index (χ0v) is 13.6. The largest absolute Gasteiger partial charge is 0.354 e. The molecule has 5 heteroatoms. The van der Waals surface area contributed by atoms with Gasteiger partial charge in [0.1, 0.15) is 5.82 Å². The highest BCUT2D eigenvalue weighted by Gasteiger charge is 2.22. The van der Waals surface area contributed by atoms with Crippen molar-refractivity contribution in [2.24, 2.45) is 0 Å². The SMILES string of the molecule is Cc1cc(N2CCCC[C@@H]2C)n2nc(-c3ccccc3)nc2n1. The number of nitrogens with zero attached hydrogens (tertiary/aromatic N) is 5. The molecule has 0 bridgehead atoms. The van der Waals surface area contributed by atoms with E-state index in [9.17, 15) is 0 Å². The molecule has 0 radical (unpaired) electrons. The first-order valence-electron chi connectivity index (χ1n) is 8.29. The summed E-state index contributed by atoms with van der Waals surface area (Å²) in [5.41, 5.74) is 2.01. The highest BCUT2D eigenvalue weighted by Crippen LogP contribution is 2.26. The molecule has 4 rings (SSSR count). The maximum atomic E-state index is 4.74. The third kappa shape index (κ3) is 2.56. The van der Waals surface area contributed by atoms with E-state index < -0.39 is 0 Å². The van der Waals surface area contributed by atoms with Crippen LogP contribution in [0.4, 0.5) is 5.82 Å². The standard InChI is InChI=1S/C18H21N5/c1-13-12-16(22-11-7-6-8-14(22)2)23-18(19-13)20-17(21-23)15-9-4-3-5-10-15/h3-5,9-10,12,14H,6-8,11H2,1-2H3/t14-/m0/s1. The number of aromatic nitrogens is 4. The fraction of sp³-hybridized carbons (Fsp3) is 0.389. The molecule has 2 aromatic heterocycles. The lowest BCUT2D eigenvalue weighted by Crippen LogP contribution is -2.38. The number of hydrogen-bond donors (Lipinski definition) is 0. The van der Waals surface area contributed by atoms with Crippen molar-refractivity contribution < 1.29 is 0 Å². The number of hydrogen-bond acceptors (Lipinski definition) is 4. The minimum atomic E-state index is 0.526. The van der Waals surface area contributed by atoms with Gasteiger partial charge in [-0.05, 0) is 33.1 Å². The normalized spacial score (nSPS) is 18.5. The van der Waals surface area contributed by atoms with E-state index in [1.807, 2.05) is 41.8 Å². The van der Waals surface area contributed by atoms with Crippen LogP contribution in [0, 0.1) is 6.92 Å². The minimum absolute atomic E-state index is 0.526. The number of aryl methyl sites for hydroxylation is 1. The Labute approximate surface area is 136 Å². The molecule has 1 atom stereocenters. The van der Waals surface area contributed by atoms with Gasteiger partial charge in [-0.3, -0.25) is 0 Å². The molecule has 3 heterocycles. The lowest BCUT2D eigenvalue weighted by atomic mass is 10.0. The Balaban J connectivity index is 1.86. The van der Waals surface area contributed by atoms with Crippen LogP contribution in [-0.4, -0.2) is 32.2 Å². The predicted molar refractivity (Wildman–Crippen MR) is 91.6 cm³/mol.